The topological polar surface area (TPSA) is 18.5 Å². The molecule has 3 rings (SSSR count). The third-order valence-electron chi connectivity index (χ3n) is 5.62. The number of likely N-dealkylation sites (tertiary alicyclic amines) is 1. The number of benzene rings is 1. The minimum Gasteiger partial charge on any atom is -0.344 e. The van der Waals surface area contributed by atoms with E-state index in [1.807, 2.05) is 0 Å². The SMILES string of the molecule is Cc1ccc(NC(=S)N(CCCN2CCC[C@H](C)C2)Cc2cccs2)cc1C. The van der Waals surface area contributed by atoms with Crippen molar-refractivity contribution in [2.24, 2.45) is 5.92 Å². The molecule has 1 N–H and O–H groups in total. The van der Waals surface area contributed by atoms with Crippen molar-refractivity contribution in [2.45, 2.75) is 46.6 Å². The fourth-order valence-corrected chi connectivity index (χ4v) is 4.83. The van der Waals surface area contributed by atoms with Gasteiger partial charge in [-0.3, -0.25) is 0 Å². The van der Waals surface area contributed by atoms with Crippen molar-refractivity contribution in [2.75, 3.05) is 31.5 Å². The average molecular weight is 416 g/mol. The first-order chi connectivity index (χ1) is 13.5. The van der Waals surface area contributed by atoms with Crippen LogP contribution < -0.4 is 5.32 Å². The fraction of sp³-hybridized carbons (Fsp3) is 0.522. The Bertz CT molecular complexity index is 757. The van der Waals surface area contributed by atoms with Crippen molar-refractivity contribution < 1.29 is 0 Å². The maximum Gasteiger partial charge on any atom is 0.173 e. The summed E-state index contributed by atoms with van der Waals surface area (Å²) in [7, 11) is 0. The zero-order valence-electron chi connectivity index (χ0n) is 17.4. The van der Waals surface area contributed by atoms with Gasteiger partial charge in [0.2, 0.25) is 0 Å². The number of hydrogen-bond donors (Lipinski definition) is 1. The van der Waals surface area contributed by atoms with Crippen molar-refractivity contribution in [3.05, 3.63) is 51.7 Å². The summed E-state index contributed by atoms with van der Waals surface area (Å²) in [4.78, 5) is 6.30. The molecule has 1 aromatic carbocycles. The molecule has 3 nitrogen and oxygen atoms in total. The zero-order chi connectivity index (χ0) is 19.9. The van der Waals surface area contributed by atoms with Crippen molar-refractivity contribution in [3.8, 4) is 0 Å². The molecule has 0 bridgehead atoms. The molecule has 5 heteroatoms. The van der Waals surface area contributed by atoms with Gasteiger partial charge in [-0.1, -0.05) is 19.1 Å². The van der Waals surface area contributed by atoms with Gasteiger partial charge in [0.05, 0.1) is 6.54 Å². The molecule has 152 valence electrons. The van der Waals surface area contributed by atoms with E-state index in [0.29, 0.717) is 0 Å². The second-order valence-corrected chi connectivity index (χ2v) is 9.55. The third-order valence-corrected chi connectivity index (χ3v) is 6.84. The molecule has 1 aromatic heterocycles. The molecule has 0 saturated carbocycles. The lowest BCUT2D eigenvalue weighted by atomic mass is 10.0. The quantitative estimate of drug-likeness (QED) is 0.586. The number of hydrogen-bond acceptors (Lipinski definition) is 3. The summed E-state index contributed by atoms with van der Waals surface area (Å²) in [5.41, 5.74) is 3.67. The molecule has 0 spiro atoms. The van der Waals surface area contributed by atoms with Gasteiger partial charge in [0, 0.05) is 23.7 Å². The fourth-order valence-electron chi connectivity index (χ4n) is 3.84. The van der Waals surface area contributed by atoms with E-state index < -0.39 is 0 Å². The molecule has 1 aliphatic heterocycles. The molecule has 2 heterocycles. The summed E-state index contributed by atoms with van der Waals surface area (Å²) >= 11 is 7.60. The van der Waals surface area contributed by atoms with Crippen LogP contribution in [0.4, 0.5) is 5.69 Å². The normalized spacial score (nSPS) is 17.5. The lowest BCUT2D eigenvalue weighted by Gasteiger charge is -2.32. The Hall–Kier alpha value is -1.43. The first kappa shape index (κ1) is 21.3. The summed E-state index contributed by atoms with van der Waals surface area (Å²) in [5.74, 6) is 0.837. The highest BCUT2D eigenvalue weighted by molar-refractivity contribution is 7.80. The molecule has 0 unspecified atom stereocenters. The Balaban J connectivity index is 1.58. The molecule has 0 radical (unpaired) electrons. The van der Waals surface area contributed by atoms with Crippen LogP contribution in [-0.2, 0) is 6.54 Å². The van der Waals surface area contributed by atoms with Crippen LogP contribution in [0.5, 0.6) is 0 Å². The van der Waals surface area contributed by atoms with Gasteiger partial charge in [0.1, 0.15) is 0 Å². The number of nitrogens with zero attached hydrogens (tertiary/aromatic N) is 2. The van der Waals surface area contributed by atoms with Crippen molar-refractivity contribution in [1.29, 1.82) is 0 Å². The van der Waals surface area contributed by atoms with E-state index in [2.05, 4.69) is 71.6 Å². The third kappa shape index (κ3) is 6.29. The highest BCUT2D eigenvalue weighted by atomic mass is 32.1. The number of anilines is 1. The molecule has 1 atom stereocenters. The lowest BCUT2D eigenvalue weighted by molar-refractivity contribution is 0.177. The van der Waals surface area contributed by atoms with Gasteiger partial charge in [-0.15, -0.1) is 11.3 Å². The van der Waals surface area contributed by atoms with Crippen LogP contribution in [0.1, 0.15) is 42.2 Å². The maximum atomic E-state index is 5.80. The largest absolute Gasteiger partial charge is 0.344 e. The number of thiocarbonyl (C=S) groups is 1. The molecule has 28 heavy (non-hydrogen) atoms. The van der Waals surface area contributed by atoms with Crippen molar-refractivity contribution in [3.63, 3.8) is 0 Å². The van der Waals surface area contributed by atoms with Gasteiger partial charge in [0.15, 0.2) is 5.11 Å². The second-order valence-electron chi connectivity index (χ2n) is 8.13. The summed E-state index contributed by atoms with van der Waals surface area (Å²) in [6.07, 6.45) is 3.87. The highest BCUT2D eigenvalue weighted by Crippen LogP contribution is 2.18. The van der Waals surface area contributed by atoms with E-state index in [4.69, 9.17) is 12.2 Å². The molecule has 1 saturated heterocycles. The van der Waals surface area contributed by atoms with E-state index >= 15 is 0 Å². The molecule has 2 aromatic rings. The first-order valence-electron chi connectivity index (χ1n) is 10.4. The average Bonchev–Trinajstić information content (AvgIpc) is 3.17. The standard InChI is InChI=1S/C23H33N3S2/c1-18-7-4-11-25(16-18)12-6-13-26(17-22-8-5-14-28-22)23(27)24-21-10-9-19(2)20(3)15-21/h5,8-10,14-15,18H,4,6-7,11-13,16-17H2,1-3H3,(H,24,27)/t18-/m0/s1. The zero-order valence-corrected chi connectivity index (χ0v) is 19.0. The van der Waals surface area contributed by atoms with E-state index in [0.717, 1.165) is 42.8 Å². The van der Waals surface area contributed by atoms with Crippen molar-refractivity contribution >= 4 is 34.4 Å². The summed E-state index contributed by atoms with van der Waals surface area (Å²) in [6.45, 7) is 12.2. The Morgan fingerprint density at radius 3 is 2.86 bits per heavy atom. The number of thiophene rings is 1. The van der Waals surface area contributed by atoms with E-state index in [-0.39, 0.29) is 0 Å². The van der Waals surface area contributed by atoms with Crippen LogP contribution in [0.15, 0.2) is 35.7 Å². The van der Waals surface area contributed by atoms with E-state index in [1.54, 1.807) is 11.3 Å². The van der Waals surface area contributed by atoms with Crippen LogP contribution in [0.2, 0.25) is 0 Å². The summed E-state index contributed by atoms with van der Waals surface area (Å²) in [6, 6.07) is 10.8. The summed E-state index contributed by atoms with van der Waals surface area (Å²) < 4.78 is 0. The molecule has 0 aliphatic carbocycles. The van der Waals surface area contributed by atoms with Gasteiger partial charge in [-0.25, -0.2) is 0 Å². The predicted molar refractivity (Wildman–Crippen MR) is 126 cm³/mol. The van der Waals surface area contributed by atoms with Crippen LogP contribution in [0.3, 0.4) is 0 Å². The minimum absolute atomic E-state index is 0.823. The monoisotopic (exact) mass is 415 g/mol. The Morgan fingerprint density at radius 2 is 2.14 bits per heavy atom. The van der Waals surface area contributed by atoms with Crippen molar-refractivity contribution in [1.82, 2.24) is 9.80 Å². The van der Waals surface area contributed by atoms with E-state index in [9.17, 15) is 0 Å². The lowest BCUT2D eigenvalue weighted by Crippen LogP contribution is -2.39. The Morgan fingerprint density at radius 1 is 1.29 bits per heavy atom. The molecule has 0 amide bonds. The first-order valence-corrected chi connectivity index (χ1v) is 11.7. The van der Waals surface area contributed by atoms with Gasteiger partial charge in [0.25, 0.3) is 0 Å². The van der Waals surface area contributed by atoms with Gasteiger partial charge >= 0.3 is 0 Å². The van der Waals surface area contributed by atoms with Crippen LogP contribution >= 0.6 is 23.6 Å². The van der Waals surface area contributed by atoms with Gasteiger partial charge < -0.3 is 15.1 Å². The Labute approximate surface area is 179 Å². The summed E-state index contributed by atoms with van der Waals surface area (Å²) in [5, 5.41) is 6.43. The number of piperidine rings is 1. The van der Waals surface area contributed by atoms with Crippen LogP contribution in [-0.4, -0.2) is 41.1 Å². The Kier molecular flexibility index (Phi) is 7.89. The highest BCUT2D eigenvalue weighted by Gasteiger charge is 2.17. The number of nitrogens with one attached hydrogen (secondary N) is 1. The molecular weight excluding hydrogens is 382 g/mol. The maximum absolute atomic E-state index is 5.80. The minimum atomic E-state index is 0.823. The molecule has 1 aliphatic rings. The number of aryl methyl sites for hydroxylation is 2. The van der Waals surface area contributed by atoms with Crippen LogP contribution in [0.25, 0.3) is 0 Å². The predicted octanol–water partition coefficient (Wildman–Crippen LogP) is 5.69. The molecular formula is C23H33N3S2. The second kappa shape index (κ2) is 10.4. The molecule has 1 fully saturated rings. The smallest absolute Gasteiger partial charge is 0.173 e. The van der Waals surface area contributed by atoms with Gasteiger partial charge in [-0.05, 0) is 99.0 Å². The van der Waals surface area contributed by atoms with Crippen LogP contribution in [0, 0.1) is 19.8 Å². The number of rotatable bonds is 7. The van der Waals surface area contributed by atoms with E-state index in [1.165, 1.54) is 41.9 Å². The van der Waals surface area contributed by atoms with Gasteiger partial charge in [-0.2, -0.15) is 0 Å².